The quantitative estimate of drug-likeness (QED) is 0.332. The summed E-state index contributed by atoms with van der Waals surface area (Å²) in [4.78, 5) is 50.7. The Morgan fingerprint density at radius 2 is 1.59 bits per heavy atom. The topological polar surface area (TPSA) is 137 Å². The Bertz CT molecular complexity index is 1260. The second-order valence-electron chi connectivity index (χ2n) is 8.09. The molecule has 192 valence electrons. The maximum atomic E-state index is 13.1. The number of carbonyl (C=O) groups excluding carboxylic acids is 3. The lowest BCUT2D eigenvalue weighted by Crippen LogP contribution is -2.44. The Hall–Kier alpha value is -4.86. The Morgan fingerprint density at radius 3 is 2.30 bits per heavy atom. The van der Waals surface area contributed by atoms with Crippen LogP contribution < -0.4 is 25.6 Å². The number of ether oxygens (including phenoxy) is 1. The number of carboxylic acids is 1. The van der Waals surface area contributed by atoms with Crippen molar-refractivity contribution in [3.05, 3.63) is 84.4 Å². The van der Waals surface area contributed by atoms with E-state index < -0.39 is 36.3 Å². The Balaban J connectivity index is 1.68. The highest BCUT2D eigenvalue weighted by molar-refractivity contribution is 6.04. The van der Waals surface area contributed by atoms with Gasteiger partial charge in [0.05, 0.1) is 19.6 Å². The molecule has 37 heavy (non-hydrogen) atoms. The zero-order chi connectivity index (χ0) is 26.8. The number of para-hydroxylation sites is 1. The third-order valence-electron chi connectivity index (χ3n) is 5.44. The van der Waals surface area contributed by atoms with Gasteiger partial charge in [-0.15, -0.1) is 0 Å². The van der Waals surface area contributed by atoms with Gasteiger partial charge in [0.25, 0.3) is 0 Å². The molecule has 0 radical (unpaired) electrons. The van der Waals surface area contributed by atoms with Crippen molar-refractivity contribution in [2.75, 3.05) is 35.7 Å². The number of carbonyl (C=O) groups is 4. The van der Waals surface area contributed by atoms with Crippen LogP contribution in [-0.4, -0.2) is 49.1 Å². The summed E-state index contributed by atoms with van der Waals surface area (Å²) in [6.07, 6.45) is 0. The van der Waals surface area contributed by atoms with E-state index >= 15 is 0 Å². The Kier molecular flexibility index (Phi) is 9.20. The highest BCUT2D eigenvalue weighted by atomic mass is 16.5. The van der Waals surface area contributed by atoms with E-state index in [0.29, 0.717) is 28.4 Å². The zero-order valence-electron chi connectivity index (χ0n) is 20.4. The van der Waals surface area contributed by atoms with Crippen LogP contribution in [0.15, 0.2) is 78.9 Å². The number of aliphatic carboxylic acids is 1. The number of carboxylic acid groups (broad SMARTS) is 1. The maximum absolute atomic E-state index is 13.1. The number of anilines is 3. The molecule has 3 aromatic carbocycles. The highest BCUT2D eigenvalue weighted by Crippen LogP contribution is 2.22. The molecule has 0 saturated carbocycles. The third-order valence-corrected chi connectivity index (χ3v) is 5.44. The summed E-state index contributed by atoms with van der Waals surface area (Å²) < 4.78 is 5.24. The molecule has 10 nitrogen and oxygen atoms in total. The Morgan fingerprint density at radius 1 is 0.892 bits per heavy atom. The van der Waals surface area contributed by atoms with Crippen molar-refractivity contribution >= 4 is 40.9 Å². The van der Waals surface area contributed by atoms with Crippen molar-refractivity contribution in [2.45, 2.75) is 12.8 Å². The first-order valence-corrected chi connectivity index (χ1v) is 11.4. The average Bonchev–Trinajstić information content (AvgIpc) is 2.90. The van der Waals surface area contributed by atoms with Gasteiger partial charge in [-0.05, 0) is 48.9 Å². The molecule has 0 aliphatic carbocycles. The minimum absolute atomic E-state index is 0.292. The summed E-state index contributed by atoms with van der Waals surface area (Å²) in [6.45, 7) is 0.855. The van der Waals surface area contributed by atoms with Crippen LogP contribution in [0.2, 0.25) is 0 Å². The van der Waals surface area contributed by atoms with Gasteiger partial charge in [-0.2, -0.15) is 0 Å². The van der Waals surface area contributed by atoms with Gasteiger partial charge >= 0.3 is 12.0 Å². The lowest BCUT2D eigenvalue weighted by Gasteiger charge is -2.23. The molecule has 0 saturated heterocycles. The van der Waals surface area contributed by atoms with Gasteiger partial charge in [0.2, 0.25) is 11.8 Å². The molecule has 0 aromatic heterocycles. The fourth-order valence-electron chi connectivity index (χ4n) is 3.42. The molecule has 3 rings (SSSR count). The normalized spacial score (nSPS) is 11.1. The number of urea groups is 1. The first-order valence-electron chi connectivity index (χ1n) is 11.4. The summed E-state index contributed by atoms with van der Waals surface area (Å²) in [5.74, 6) is -2.18. The molecule has 4 N–H and O–H groups in total. The molecule has 0 aliphatic rings. The third kappa shape index (κ3) is 7.82. The number of methoxy groups -OCH3 is 1. The van der Waals surface area contributed by atoms with E-state index in [1.807, 2.05) is 6.07 Å². The largest absolute Gasteiger partial charge is 0.497 e. The van der Waals surface area contributed by atoms with Gasteiger partial charge in [-0.3, -0.25) is 14.4 Å². The molecule has 3 aromatic rings. The predicted octanol–water partition coefficient (Wildman–Crippen LogP) is 3.68. The standard InChI is InChI=1S/C27H28N4O6/c1-18(26(34)35)19-8-6-11-21(14-19)30-27(36)28-16-25(33)31(22-12-7-13-23(15-22)37-2)17-24(32)29-20-9-4-3-5-10-20/h3-15,18H,16-17H2,1-2H3,(H,29,32)(H,34,35)(H2,28,30,36). The summed E-state index contributed by atoms with van der Waals surface area (Å²) in [7, 11) is 1.49. The van der Waals surface area contributed by atoms with E-state index in [2.05, 4.69) is 16.0 Å². The molecular formula is C27H28N4O6. The first-order chi connectivity index (χ1) is 17.8. The van der Waals surface area contributed by atoms with Crippen LogP contribution in [0.3, 0.4) is 0 Å². The van der Waals surface area contributed by atoms with E-state index in [9.17, 15) is 24.3 Å². The molecule has 10 heteroatoms. The summed E-state index contributed by atoms with van der Waals surface area (Å²) >= 11 is 0. The number of rotatable bonds is 10. The fraction of sp³-hybridized carbons (Fsp3) is 0.185. The second-order valence-corrected chi connectivity index (χ2v) is 8.09. The van der Waals surface area contributed by atoms with Crippen LogP contribution in [0, 0.1) is 0 Å². The van der Waals surface area contributed by atoms with Crippen LogP contribution in [0.5, 0.6) is 5.75 Å². The molecular weight excluding hydrogens is 476 g/mol. The van der Waals surface area contributed by atoms with E-state index in [1.54, 1.807) is 79.7 Å². The van der Waals surface area contributed by atoms with Crippen LogP contribution in [-0.2, 0) is 14.4 Å². The number of amides is 4. The summed E-state index contributed by atoms with van der Waals surface area (Å²) in [5, 5.41) is 17.0. The van der Waals surface area contributed by atoms with Crippen molar-refractivity contribution in [2.24, 2.45) is 0 Å². The minimum Gasteiger partial charge on any atom is -0.497 e. The minimum atomic E-state index is -0.985. The number of nitrogens with one attached hydrogen (secondary N) is 3. The molecule has 0 bridgehead atoms. The van der Waals surface area contributed by atoms with Crippen LogP contribution in [0.25, 0.3) is 0 Å². The van der Waals surface area contributed by atoms with Crippen molar-refractivity contribution in [3.8, 4) is 5.75 Å². The number of nitrogens with zero attached hydrogens (tertiary/aromatic N) is 1. The van der Waals surface area contributed by atoms with Gasteiger partial charge in [0, 0.05) is 23.1 Å². The van der Waals surface area contributed by atoms with Crippen LogP contribution >= 0.6 is 0 Å². The Labute approximate surface area is 214 Å². The predicted molar refractivity (Wildman–Crippen MR) is 140 cm³/mol. The molecule has 1 atom stereocenters. The molecule has 0 heterocycles. The number of hydrogen-bond donors (Lipinski definition) is 4. The summed E-state index contributed by atoms with van der Waals surface area (Å²) in [5.41, 5.74) is 1.91. The molecule has 0 spiro atoms. The lowest BCUT2D eigenvalue weighted by molar-refractivity contribution is -0.138. The zero-order valence-corrected chi connectivity index (χ0v) is 20.4. The highest BCUT2D eigenvalue weighted by Gasteiger charge is 2.21. The van der Waals surface area contributed by atoms with Crippen molar-refractivity contribution in [1.82, 2.24) is 5.32 Å². The average molecular weight is 505 g/mol. The van der Waals surface area contributed by atoms with Crippen LogP contribution in [0.4, 0.5) is 21.9 Å². The van der Waals surface area contributed by atoms with E-state index in [4.69, 9.17) is 4.74 Å². The first kappa shape index (κ1) is 26.7. The smallest absolute Gasteiger partial charge is 0.319 e. The maximum Gasteiger partial charge on any atom is 0.319 e. The van der Waals surface area contributed by atoms with Gasteiger partial charge in [-0.1, -0.05) is 36.4 Å². The van der Waals surface area contributed by atoms with Crippen LogP contribution in [0.1, 0.15) is 18.4 Å². The SMILES string of the molecule is COc1cccc(N(CC(=O)Nc2ccccc2)C(=O)CNC(=O)Nc2cccc(C(C)C(=O)O)c2)c1. The molecule has 1 unspecified atom stereocenters. The second kappa shape index (κ2) is 12.7. The molecule has 0 aliphatic heterocycles. The van der Waals surface area contributed by atoms with Gasteiger partial charge < -0.3 is 30.7 Å². The van der Waals surface area contributed by atoms with Crippen molar-refractivity contribution < 1.29 is 29.0 Å². The van der Waals surface area contributed by atoms with E-state index in [1.165, 1.54) is 12.0 Å². The van der Waals surface area contributed by atoms with E-state index in [0.717, 1.165) is 0 Å². The van der Waals surface area contributed by atoms with Gasteiger partial charge in [0.15, 0.2) is 0 Å². The lowest BCUT2D eigenvalue weighted by atomic mass is 10.0. The fourth-order valence-corrected chi connectivity index (χ4v) is 3.42. The number of hydrogen-bond acceptors (Lipinski definition) is 5. The van der Waals surface area contributed by atoms with Gasteiger partial charge in [0.1, 0.15) is 12.3 Å². The van der Waals surface area contributed by atoms with Crippen molar-refractivity contribution in [1.29, 1.82) is 0 Å². The number of benzene rings is 3. The molecule has 4 amide bonds. The molecule has 0 fully saturated rings. The van der Waals surface area contributed by atoms with E-state index in [-0.39, 0.29) is 6.54 Å². The monoisotopic (exact) mass is 504 g/mol. The van der Waals surface area contributed by atoms with Gasteiger partial charge in [-0.25, -0.2) is 4.79 Å². The van der Waals surface area contributed by atoms with Crippen molar-refractivity contribution in [3.63, 3.8) is 0 Å². The summed E-state index contributed by atoms with van der Waals surface area (Å²) in [6, 6.07) is 21.3.